The Morgan fingerprint density at radius 1 is 1.27 bits per heavy atom. The Bertz CT molecular complexity index is 687. The third-order valence-corrected chi connectivity index (χ3v) is 5.20. The normalized spacial score (nSPS) is 22.8. The minimum Gasteiger partial charge on any atom is -0.493 e. The van der Waals surface area contributed by atoms with Gasteiger partial charge in [0.2, 0.25) is 0 Å². The predicted octanol–water partition coefficient (Wildman–Crippen LogP) is 1.22. The van der Waals surface area contributed by atoms with E-state index in [0.717, 1.165) is 12.8 Å². The van der Waals surface area contributed by atoms with Gasteiger partial charge in [-0.25, -0.2) is 4.79 Å². The number of likely N-dealkylation sites (tertiary alicyclic amines) is 1. The van der Waals surface area contributed by atoms with Crippen molar-refractivity contribution in [2.45, 2.75) is 31.3 Å². The lowest BCUT2D eigenvalue weighted by molar-refractivity contribution is -0.00455. The first-order valence-corrected chi connectivity index (χ1v) is 8.93. The number of hydrogen-bond acceptors (Lipinski definition) is 6. The highest BCUT2D eigenvalue weighted by Gasteiger charge is 2.38. The molecule has 142 valence electrons. The van der Waals surface area contributed by atoms with Gasteiger partial charge in [0, 0.05) is 12.1 Å². The van der Waals surface area contributed by atoms with E-state index in [-0.39, 0.29) is 18.0 Å². The summed E-state index contributed by atoms with van der Waals surface area (Å²) in [4.78, 5) is 26.2. The van der Waals surface area contributed by atoms with Gasteiger partial charge in [-0.3, -0.25) is 4.79 Å². The van der Waals surface area contributed by atoms with E-state index in [1.54, 1.807) is 12.1 Å². The first-order valence-electron chi connectivity index (χ1n) is 8.93. The molecule has 7 heteroatoms. The molecule has 2 N–H and O–H groups in total. The number of aliphatic hydroxyl groups excluding tert-OH is 1. The summed E-state index contributed by atoms with van der Waals surface area (Å²) in [6.45, 7) is 0.570. The van der Waals surface area contributed by atoms with Crippen LogP contribution in [0.2, 0.25) is 0 Å². The van der Waals surface area contributed by atoms with Crippen LogP contribution in [0.4, 0.5) is 0 Å². The number of benzene rings is 1. The third kappa shape index (κ3) is 3.99. The first kappa shape index (κ1) is 18.7. The lowest BCUT2D eigenvalue weighted by Gasteiger charge is -2.25. The van der Waals surface area contributed by atoms with Gasteiger partial charge in [0.05, 0.1) is 32.4 Å². The zero-order valence-corrected chi connectivity index (χ0v) is 14.9. The molecule has 7 nitrogen and oxygen atoms in total. The minimum absolute atomic E-state index is 0.0586. The fourth-order valence-corrected chi connectivity index (χ4v) is 3.26. The van der Waals surface area contributed by atoms with Gasteiger partial charge < -0.3 is 24.6 Å². The van der Waals surface area contributed by atoms with Crippen molar-refractivity contribution in [3.8, 4) is 5.75 Å². The highest BCUT2D eigenvalue weighted by atomic mass is 16.5. The molecule has 1 saturated carbocycles. The van der Waals surface area contributed by atoms with Crippen molar-refractivity contribution >= 4 is 11.9 Å². The average Bonchev–Trinajstić information content (AvgIpc) is 3.01. The molecule has 2 aliphatic rings. The lowest BCUT2D eigenvalue weighted by atomic mass is 9.86. The Hall–Kier alpha value is -2.12. The summed E-state index contributed by atoms with van der Waals surface area (Å²) >= 11 is 0. The molecular formula is C19H25NO6. The van der Waals surface area contributed by atoms with Crippen LogP contribution in [0, 0.1) is 5.92 Å². The zero-order valence-electron chi connectivity index (χ0n) is 14.9. The number of esters is 1. The van der Waals surface area contributed by atoms with Crippen molar-refractivity contribution in [1.29, 1.82) is 0 Å². The summed E-state index contributed by atoms with van der Waals surface area (Å²) in [6, 6.07) is 4.67. The Morgan fingerprint density at radius 3 is 2.58 bits per heavy atom. The molecule has 0 spiro atoms. The van der Waals surface area contributed by atoms with Crippen LogP contribution in [0.15, 0.2) is 18.2 Å². The molecule has 0 bridgehead atoms. The minimum atomic E-state index is -1.26. The number of methoxy groups -OCH3 is 1. The fourth-order valence-electron chi connectivity index (χ4n) is 3.26. The van der Waals surface area contributed by atoms with Gasteiger partial charge in [0.1, 0.15) is 11.4 Å². The maximum atomic E-state index is 12.8. The maximum absolute atomic E-state index is 12.8. The number of carbonyl (C=O) groups is 2. The van der Waals surface area contributed by atoms with E-state index in [1.807, 2.05) is 0 Å². The summed E-state index contributed by atoms with van der Waals surface area (Å²) < 4.78 is 10.6. The van der Waals surface area contributed by atoms with E-state index < -0.39 is 18.2 Å². The average molecular weight is 363 g/mol. The number of ether oxygens (including phenoxy) is 2. The summed E-state index contributed by atoms with van der Waals surface area (Å²) in [5.41, 5.74) is -0.712. The Morgan fingerprint density at radius 2 is 2.00 bits per heavy atom. The highest BCUT2D eigenvalue weighted by molar-refractivity contribution is 5.98. The Labute approximate surface area is 152 Å². The predicted molar refractivity (Wildman–Crippen MR) is 93.2 cm³/mol. The molecule has 1 aromatic carbocycles. The molecule has 1 atom stereocenters. The summed E-state index contributed by atoms with van der Waals surface area (Å²) in [5, 5.41) is 19.4. The van der Waals surface area contributed by atoms with Crippen molar-refractivity contribution in [2.75, 3.05) is 33.4 Å². The second kappa shape index (κ2) is 7.63. The van der Waals surface area contributed by atoms with E-state index >= 15 is 0 Å². The SMILES string of the molecule is COC(=O)c1cc(OCC2CCC2)cc(C(=O)N2CCC(O)(CO)C2)c1. The monoisotopic (exact) mass is 363 g/mol. The van der Waals surface area contributed by atoms with Gasteiger partial charge in [0.25, 0.3) is 5.91 Å². The largest absolute Gasteiger partial charge is 0.493 e. The van der Waals surface area contributed by atoms with Crippen molar-refractivity contribution in [3.05, 3.63) is 29.3 Å². The second-order valence-corrected chi connectivity index (χ2v) is 7.20. The molecule has 1 aliphatic heterocycles. The molecule has 3 rings (SSSR count). The Balaban J connectivity index is 1.79. The van der Waals surface area contributed by atoms with E-state index in [0.29, 0.717) is 36.8 Å². The number of amides is 1. The van der Waals surface area contributed by atoms with Crippen molar-refractivity contribution < 1.29 is 29.3 Å². The molecule has 1 amide bonds. The quantitative estimate of drug-likeness (QED) is 0.738. The molecule has 0 aromatic heterocycles. The van der Waals surface area contributed by atoms with Crippen LogP contribution in [0.25, 0.3) is 0 Å². The molecule has 1 aromatic rings. The van der Waals surface area contributed by atoms with Crippen LogP contribution in [-0.2, 0) is 4.74 Å². The van der Waals surface area contributed by atoms with Crippen molar-refractivity contribution in [2.24, 2.45) is 5.92 Å². The summed E-state index contributed by atoms with van der Waals surface area (Å²) in [6.07, 6.45) is 3.80. The molecule has 1 heterocycles. The number of hydrogen-bond donors (Lipinski definition) is 2. The van der Waals surface area contributed by atoms with Crippen LogP contribution in [0.1, 0.15) is 46.4 Å². The van der Waals surface area contributed by atoms with Crippen LogP contribution in [0.3, 0.4) is 0 Å². The van der Waals surface area contributed by atoms with Crippen LogP contribution in [-0.4, -0.2) is 66.0 Å². The van der Waals surface area contributed by atoms with Crippen LogP contribution in [0.5, 0.6) is 5.75 Å². The molecular weight excluding hydrogens is 338 g/mol. The second-order valence-electron chi connectivity index (χ2n) is 7.20. The number of aliphatic hydroxyl groups is 2. The first-order chi connectivity index (χ1) is 12.4. The number of carbonyl (C=O) groups excluding carboxylic acids is 2. The van der Waals surface area contributed by atoms with E-state index in [2.05, 4.69) is 0 Å². The van der Waals surface area contributed by atoms with Crippen molar-refractivity contribution in [3.63, 3.8) is 0 Å². The molecule has 2 fully saturated rings. The Kier molecular flexibility index (Phi) is 5.48. The lowest BCUT2D eigenvalue weighted by Crippen LogP contribution is -2.38. The molecule has 0 radical (unpaired) electrons. The van der Waals surface area contributed by atoms with Crippen molar-refractivity contribution in [1.82, 2.24) is 4.90 Å². The zero-order chi connectivity index (χ0) is 18.7. The fraction of sp³-hybridized carbons (Fsp3) is 0.579. The van der Waals surface area contributed by atoms with Gasteiger partial charge in [-0.15, -0.1) is 0 Å². The molecule has 1 saturated heterocycles. The summed E-state index contributed by atoms with van der Waals surface area (Å²) in [5.74, 6) is 0.129. The van der Waals surface area contributed by atoms with E-state index in [1.165, 1.54) is 24.5 Å². The standard InChI is InChI=1S/C19H25NO6/c1-25-18(23)15-7-14(8-16(9-15)26-10-13-3-2-4-13)17(22)20-6-5-19(24,11-20)12-21/h7-9,13,21,24H,2-6,10-12H2,1H3. The highest BCUT2D eigenvalue weighted by Crippen LogP contribution is 2.29. The van der Waals surface area contributed by atoms with Crippen LogP contribution < -0.4 is 4.74 Å². The molecule has 1 aliphatic carbocycles. The maximum Gasteiger partial charge on any atom is 0.338 e. The van der Waals surface area contributed by atoms with E-state index in [4.69, 9.17) is 9.47 Å². The summed E-state index contributed by atoms with van der Waals surface area (Å²) in [7, 11) is 1.29. The van der Waals surface area contributed by atoms with Gasteiger partial charge in [-0.2, -0.15) is 0 Å². The van der Waals surface area contributed by atoms with E-state index in [9.17, 15) is 19.8 Å². The van der Waals surface area contributed by atoms with Gasteiger partial charge in [0.15, 0.2) is 0 Å². The van der Waals surface area contributed by atoms with Gasteiger partial charge in [-0.05, 0) is 43.4 Å². The molecule has 26 heavy (non-hydrogen) atoms. The number of nitrogens with zero attached hydrogens (tertiary/aromatic N) is 1. The number of rotatable bonds is 6. The van der Waals surface area contributed by atoms with Crippen LogP contribution >= 0.6 is 0 Å². The smallest absolute Gasteiger partial charge is 0.338 e. The van der Waals surface area contributed by atoms with Gasteiger partial charge in [-0.1, -0.05) is 6.42 Å². The molecule has 1 unspecified atom stereocenters. The third-order valence-electron chi connectivity index (χ3n) is 5.20. The topological polar surface area (TPSA) is 96.3 Å². The number of β-amino-alcohol motifs (C(OH)–C–C–N with tert-alkyl or cyclic N) is 1. The van der Waals surface area contributed by atoms with Gasteiger partial charge >= 0.3 is 5.97 Å².